The zero-order valence-corrected chi connectivity index (χ0v) is 19.7. The van der Waals surface area contributed by atoms with Gasteiger partial charge in [-0.05, 0) is 36.2 Å². The molecule has 1 atom stereocenters. The summed E-state index contributed by atoms with van der Waals surface area (Å²) in [6.45, 7) is 6.04. The van der Waals surface area contributed by atoms with Crippen molar-refractivity contribution in [3.05, 3.63) is 58.5 Å². The molecule has 1 amide bonds. The number of benzene rings is 2. The fourth-order valence-corrected chi connectivity index (χ4v) is 5.27. The Kier molecular flexibility index (Phi) is 6.45. The van der Waals surface area contributed by atoms with E-state index in [1.165, 1.54) is 18.2 Å². The Labute approximate surface area is 197 Å². The van der Waals surface area contributed by atoms with Gasteiger partial charge in [-0.25, -0.2) is 13.2 Å². The first-order valence-electron chi connectivity index (χ1n) is 11.0. The van der Waals surface area contributed by atoms with Gasteiger partial charge in [0.15, 0.2) is 0 Å². The molecular weight excluding hydrogens is 456 g/mol. The van der Waals surface area contributed by atoms with Crippen molar-refractivity contribution in [2.24, 2.45) is 5.92 Å². The second-order valence-corrected chi connectivity index (χ2v) is 10.3. The maximum atomic E-state index is 13.3. The Balaban J connectivity index is 1.53. The zero-order valence-electron chi connectivity index (χ0n) is 18.9. The molecule has 1 fully saturated rings. The minimum absolute atomic E-state index is 0.0395. The van der Waals surface area contributed by atoms with Crippen molar-refractivity contribution in [3.8, 4) is 6.07 Å². The van der Waals surface area contributed by atoms with Gasteiger partial charge in [0.25, 0.3) is 15.9 Å². The molecule has 11 heteroatoms. The minimum atomic E-state index is -4.02. The maximum Gasteiger partial charge on any atom is 0.323 e. The van der Waals surface area contributed by atoms with E-state index in [0.29, 0.717) is 37.2 Å². The average molecular weight is 483 g/mol. The van der Waals surface area contributed by atoms with Crippen molar-refractivity contribution < 1.29 is 13.2 Å². The Morgan fingerprint density at radius 2 is 1.74 bits per heavy atom. The second-order valence-electron chi connectivity index (χ2n) is 8.58. The summed E-state index contributed by atoms with van der Waals surface area (Å²) < 4.78 is 28.6. The standard InChI is InChI=1S/C23H26N6O4S/c1-15(2)21(14-24)28-9-11-29(12-10-28)22(30)17-5-3-4-6-18(17)27-34(32,33)16-7-8-19-20(13-16)26-23(31)25-19/h3-8,13,15,21,27H,9-12H2,1-2H3,(H2,25,26,31). The number of nitriles is 1. The molecule has 1 aromatic heterocycles. The van der Waals surface area contributed by atoms with Crippen LogP contribution in [0.4, 0.5) is 5.69 Å². The normalized spacial score (nSPS) is 15.9. The number of sulfonamides is 1. The lowest BCUT2D eigenvalue weighted by atomic mass is 10.0. The molecule has 1 saturated heterocycles. The SMILES string of the molecule is CC(C)C(C#N)N1CCN(C(=O)c2ccccc2NS(=O)(=O)c2ccc3[nH]c(=O)[nH]c3c2)CC1. The van der Waals surface area contributed by atoms with Gasteiger partial charge in [0.05, 0.1) is 33.2 Å². The molecule has 3 aromatic rings. The van der Waals surface area contributed by atoms with E-state index in [1.54, 1.807) is 29.2 Å². The van der Waals surface area contributed by atoms with Crippen LogP contribution in [0.15, 0.2) is 52.2 Å². The van der Waals surface area contributed by atoms with Crippen LogP contribution in [0.2, 0.25) is 0 Å². The Morgan fingerprint density at radius 3 is 2.41 bits per heavy atom. The zero-order chi connectivity index (χ0) is 24.5. The van der Waals surface area contributed by atoms with Gasteiger partial charge in [-0.15, -0.1) is 0 Å². The fraction of sp³-hybridized carbons (Fsp3) is 0.348. The first kappa shape index (κ1) is 23.5. The lowest BCUT2D eigenvalue weighted by Gasteiger charge is -2.38. The number of aromatic amines is 2. The van der Waals surface area contributed by atoms with Crippen LogP contribution >= 0.6 is 0 Å². The number of aromatic nitrogens is 2. The van der Waals surface area contributed by atoms with E-state index in [4.69, 9.17) is 0 Å². The fourth-order valence-electron chi connectivity index (χ4n) is 4.17. The summed E-state index contributed by atoms with van der Waals surface area (Å²) in [6.07, 6.45) is 0. The van der Waals surface area contributed by atoms with E-state index in [9.17, 15) is 23.3 Å². The maximum absolute atomic E-state index is 13.3. The number of nitrogens with zero attached hydrogens (tertiary/aromatic N) is 3. The Hall–Kier alpha value is -3.62. The summed E-state index contributed by atoms with van der Waals surface area (Å²) in [5, 5.41) is 9.44. The van der Waals surface area contributed by atoms with Crippen LogP contribution < -0.4 is 10.4 Å². The molecule has 0 radical (unpaired) electrons. The number of imidazole rings is 1. The average Bonchev–Trinajstić information content (AvgIpc) is 3.19. The highest BCUT2D eigenvalue weighted by atomic mass is 32.2. The predicted octanol–water partition coefficient (Wildman–Crippen LogP) is 1.96. The van der Waals surface area contributed by atoms with Crippen LogP contribution in [0.1, 0.15) is 24.2 Å². The minimum Gasteiger partial charge on any atom is -0.336 e. The molecule has 3 N–H and O–H groups in total. The van der Waals surface area contributed by atoms with Crippen LogP contribution in [0, 0.1) is 17.2 Å². The van der Waals surface area contributed by atoms with Crippen LogP contribution in [0.3, 0.4) is 0 Å². The summed E-state index contributed by atoms with van der Waals surface area (Å²) in [7, 11) is -4.02. The van der Waals surface area contributed by atoms with Crippen molar-refractivity contribution in [3.63, 3.8) is 0 Å². The van der Waals surface area contributed by atoms with Crippen molar-refractivity contribution in [2.45, 2.75) is 24.8 Å². The number of rotatable bonds is 6. The molecule has 1 unspecified atom stereocenters. The predicted molar refractivity (Wildman–Crippen MR) is 128 cm³/mol. The van der Waals surface area contributed by atoms with Gasteiger partial charge >= 0.3 is 5.69 Å². The highest BCUT2D eigenvalue weighted by Gasteiger charge is 2.29. The van der Waals surface area contributed by atoms with Gasteiger partial charge in [0.1, 0.15) is 6.04 Å². The molecule has 0 spiro atoms. The first-order valence-corrected chi connectivity index (χ1v) is 12.4. The summed E-state index contributed by atoms with van der Waals surface area (Å²) in [5.41, 5.74) is 0.857. The first-order chi connectivity index (χ1) is 16.2. The number of carbonyl (C=O) groups is 1. The van der Waals surface area contributed by atoms with Gasteiger partial charge in [0, 0.05) is 26.2 Å². The second kappa shape index (κ2) is 9.32. The number of nitrogens with one attached hydrogen (secondary N) is 3. The van der Waals surface area contributed by atoms with Gasteiger partial charge in [-0.2, -0.15) is 5.26 Å². The number of hydrogen-bond donors (Lipinski definition) is 3. The highest BCUT2D eigenvalue weighted by molar-refractivity contribution is 7.92. The van der Waals surface area contributed by atoms with Crippen LogP contribution in [0.25, 0.3) is 11.0 Å². The third-order valence-corrected chi connectivity index (χ3v) is 7.32. The Morgan fingerprint density at radius 1 is 1.06 bits per heavy atom. The van der Waals surface area contributed by atoms with Crippen LogP contribution in [-0.4, -0.2) is 66.3 Å². The highest BCUT2D eigenvalue weighted by Crippen LogP contribution is 2.24. The number of H-pyrrole nitrogens is 2. The van der Waals surface area contributed by atoms with Gasteiger partial charge < -0.3 is 14.9 Å². The lowest BCUT2D eigenvalue weighted by Crippen LogP contribution is -2.52. The smallest absolute Gasteiger partial charge is 0.323 e. The van der Waals surface area contributed by atoms with E-state index >= 15 is 0 Å². The molecule has 2 aromatic carbocycles. The van der Waals surface area contributed by atoms with Crippen LogP contribution in [-0.2, 0) is 10.0 Å². The number of fused-ring (bicyclic) bond motifs is 1. The molecule has 10 nitrogen and oxygen atoms in total. The molecule has 0 bridgehead atoms. The number of para-hydroxylation sites is 1. The summed E-state index contributed by atoms with van der Waals surface area (Å²) in [5.74, 6) is -0.0906. The molecule has 2 heterocycles. The summed E-state index contributed by atoms with van der Waals surface area (Å²) >= 11 is 0. The molecular formula is C23H26N6O4S. The number of amides is 1. The summed E-state index contributed by atoms with van der Waals surface area (Å²) in [4.78, 5) is 33.6. The largest absolute Gasteiger partial charge is 0.336 e. The molecule has 1 aliphatic rings. The molecule has 34 heavy (non-hydrogen) atoms. The third-order valence-electron chi connectivity index (χ3n) is 5.96. The number of piperazine rings is 1. The van der Waals surface area contributed by atoms with Crippen molar-refractivity contribution >= 4 is 32.7 Å². The third kappa shape index (κ3) is 4.69. The van der Waals surface area contributed by atoms with E-state index in [-0.39, 0.29) is 34.0 Å². The van der Waals surface area contributed by atoms with E-state index < -0.39 is 15.7 Å². The van der Waals surface area contributed by atoms with E-state index in [2.05, 4.69) is 25.7 Å². The topological polar surface area (TPSA) is 142 Å². The van der Waals surface area contributed by atoms with Crippen LogP contribution in [0.5, 0.6) is 0 Å². The quantitative estimate of drug-likeness (QED) is 0.490. The monoisotopic (exact) mass is 482 g/mol. The van der Waals surface area contributed by atoms with Gasteiger partial charge in [-0.1, -0.05) is 26.0 Å². The van der Waals surface area contributed by atoms with Crippen molar-refractivity contribution in [2.75, 3.05) is 30.9 Å². The van der Waals surface area contributed by atoms with Crippen molar-refractivity contribution in [1.29, 1.82) is 5.26 Å². The molecule has 1 aliphatic heterocycles. The molecule has 0 saturated carbocycles. The number of hydrogen-bond acceptors (Lipinski definition) is 6. The number of anilines is 1. The van der Waals surface area contributed by atoms with E-state index in [0.717, 1.165) is 0 Å². The van der Waals surface area contributed by atoms with Crippen molar-refractivity contribution in [1.82, 2.24) is 19.8 Å². The Bertz CT molecular complexity index is 1410. The molecule has 0 aliphatic carbocycles. The van der Waals surface area contributed by atoms with Gasteiger partial charge in [-0.3, -0.25) is 14.4 Å². The van der Waals surface area contributed by atoms with Gasteiger partial charge in [0.2, 0.25) is 0 Å². The number of carbonyl (C=O) groups excluding carboxylic acids is 1. The molecule has 4 rings (SSSR count). The van der Waals surface area contributed by atoms with E-state index in [1.807, 2.05) is 13.8 Å². The lowest BCUT2D eigenvalue weighted by molar-refractivity contribution is 0.0577. The molecule has 178 valence electrons. The summed E-state index contributed by atoms with van der Waals surface area (Å²) in [6, 6.07) is 12.8.